The van der Waals surface area contributed by atoms with Crippen LogP contribution in [0.5, 0.6) is 5.75 Å². The van der Waals surface area contributed by atoms with Crippen molar-refractivity contribution in [2.45, 2.75) is 39.9 Å². The van der Waals surface area contributed by atoms with Crippen LogP contribution in [-0.4, -0.2) is 79.4 Å². The average Bonchev–Trinajstić information content (AvgIpc) is 3.09. The van der Waals surface area contributed by atoms with Gasteiger partial charge in [0.05, 0.1) is 23.5 Å². The SMILES string of the molecule is CCN1C(=O)C(C)(C)C(=O)N(C)c2cc(OCCCN(CCN(C)C(=O)c3cccc(C(F)(F)F)c3)Cc3ccncc3)ccc21.Cl.Cl. The Balaban J connectivity index is 0.00000400. The number of anilines is 2. The molecule has 3 amide bonds. The van der Waals surface area contributed by atoms with Crippen LogP contribution in [0.15, 0.2) is 67.0 Å². The zero-order chi connectivity index (χ0) is 33.6. The van der Waals surface area contributed by atoms with Crippen LogP contribution < -0.4 is 14.5 Å². The van der Waals surface area contributed by atoms with Crippen LogP contribution >= 0.6 is 24.8 Å². The van der Waals surface area contributed by atoms with Crippen LogP contribution in [0.1, 0.15) is 48.7 Å². The fraction of sp³-hybridized carbons (Fsp3) is 0.412. The van der Waals surface area contributed by atoms with Crippen molar-refractivity contribution < 1.29 is 32.3 Å². The van der Waals surface area contributed by atoms with Crippen molar-refractivity contribution in [1.82, 2.24) is 14.8 Å². The van der Waals surface area contributed by atoms with E-state index in [1.165, 1.54) is 21.9 Å². The maximum atomic E-state index is 13.2. The smallest absolute Gasteiger partial charge is 0.416 e. The molecule has 0 unspecified atom stereocenters. The highest BCUT2D eigenvalue weighted by Crippen LogP contribution is 2.40. The molecule has 14 heteroatoms. The lowest BCUT2D eigenvalue weighted by molar-refractivity contribution is -0.138. The van der Waals surface area contributed by atoms with Gasteiger partial charge in [0.25, 0.3) is 5.91 Å². The molecule has 0 atom stereocenters. The lowest BCUT2D eigenvalue weighted by Crippen LogP contribution is -2.47. The predicted molar refractivity (Wildman–Crippen MR) is 184 cm³/mol. The van der Waals surface area contributed by atoms with Gasteiger partial charge in [-0.3, -0.25) is 24.3 Å². The highest BCUT2D eigenvalue weighted by Gasteiger charge is 2.45. The Bertz CT molecular complexity index is 1560. The molecule has 3 aromatic rings. The number of ether oxygens (including phenoxy) is 1. The number of fused-ring (bicyclic) bond motifs is 1. The largest absolute Gasteiger partial charge is 0.493 e. The first kappa shape index (κ1) is 40.3. The van der Waals surface area contributed by atoms with E-state index in [1.54, 1.807) is 63.4 Å². The zero-order valence-electron chi connectivity index (χ0n) is 27.6. The van der Waals surface area contributed by atoms with Gasteiger partial charge in [0.2, 0.25) is 11.8 Å². The van der Waals surface area contributed by atoms with Gasteiger partial charge in [-0.25, -0.2) is 0 Å². The number of aromatic nitrogens is 1. The summed E-state index contributed by atoms with van der Waals surface area (Å²) in [6.07, 6.45) is -0.493. The molecule has 0 saturated heterocycles. The third-order valence-corrected chi connectivity index (χ3v) is 8.11. The molecule has 9 nitrogen and oxygen atoms in total. The van der Waals surface area contributed by atoms with E-state index in [9.17, 15) is 27.6 Å². The van der Waals surface area contributed by atoms with E-state index >= 15 is 0 Å². The fourth-order valence-corrected chi connectivity index (χ4v) is 5.41. The zero-order valence-corrected chi connectivity index (χ0v) is 29.3. The van der Waals surface area contributed by atoms with Gasteiger partial charge in [-0.05, 0) is 75.2 Å². The monoisotopic (exact) mass is 711 g/mol. The lowest BCUT2D eigenvalue weighted by atomic mass is 9.90. The molecule has 0 aliphatic carbocycles. The maximum Gasteiger partial charge on any atom is 0.416 e. The quantitative estimate of drug-likeness (QED) is 0.161. The number of alkyl halides is 3. The number of rotatable bonds is 12. The van der Waals surface area contributed by atoms with E-state index in [-0.39, 0.29) is 42.2 Å². The van der Waals surface area contributed by atoms with E-state index < -0.39 is 23.1 Å². The number of amides is 3. The Morgan fingerprint density at radius 2 is 1.62 bits per heavy atom. The molecule has 48 heavy (non-hydrogen) atoms. The van der Waals surface area contributed by atoms with Gasteiger partial charge in [-0.1, -0.05) is 6.07 Å². The molecule has 2 heterocycles. The predicted octanol–water partition coefficient (Wildman–Crippen LogP) is 6.34. The average molecular weight is 713 g/mol. The molecule has 0 radical (unpaired) electrons. The second-order valence-electron chi connectivity index (χ2n) is 11.8. The number of likely N-dealkylation sites (N-methyl/N-ethyl adjacent to an activating group) is 1. The third-order valence-electron chi connectivity index (χ3n) is 8.11. The molecule has 1 aromatic heterocycles. The minimum Gasteiger partial charge on any atom is -0.493 e. The topological polar surface area (TPSA) is 86.3 Å². The van der Waals surface area contributed by atoms with Gasteiger partial charge in [-0.15, -0.1) is 24.8 Å². The van der Waals surface area contributed by atoms with Crippen LogP contribution in [0.4, 0.5) is 24.5 Å². The normalized spacial score (nSPS) is 14.1. The first-order chi connectivity index (χ1) is 21.7. The highest BCUT2D eigenvalue weighted by molar-refractivity contribution is 6.20. The Morgan fingerprint density at radius 3 is 2.27 bits per heavy atom. The van der Waals surface area contributed by atoms with Crippen LogP contribution in [0.2, 0.25) is 0 Å². The fourth-order valence-electron chi connectivity index (χ4n) is 5.41. The van der Waals surface area contributed by atoms with Gasteiger partial charge in [0.15, 0.2) is 0 Å². The summed E-state index contributed by atoms with van der Waals surface area (Å²) >= 11 is 0. The van der Waals surface area contributed by atoms with Crippen LogP contribution in [0.3, 0.4) is 0 Å². The summed E-state index contributed by atoms with van der Waals surface area (Å²) in [6, 6.07) is 13.6. The number of hydrogen-bond donors (Lipinski definition) is 0. The van der Waals surface area contributed by atoms with Gasteiger partial charge in [0, 0.05) is 70.8 Å². The number of carbonyl (C=O) groups excluding carboxylic acids is 3. The third kappa shape index (κ3) is 9.39. The van der Waals surface area contributed by atoms with Crippen molar-refractivity contribution in [2.24, 2.45) is 5.41 Å². The molecular weight excluding hydrogens is 670 g/mol. The standard InChI is InChI=1S/C34H40F3N5O4.2ClH/c1-6-42-28-12-11-27(22-29(28)40(5)31(44)33(2,3)32(42)45)46-20-8-17-41(23-24-13-15-38-16-14-24)19-18-39(4)30(43)25-9-7-10-26(21-25)34(35,36)37;;/h7,9-16,21-22H,6,8,17-20,23H2,1-5H3;2*1H. The van der Waals surface area contributed by atoms with Gasteiger partial charge >= 0.3 is 6.18 Å². The van der Waals surface area contributed by atoms with Crippen molar-refractivity contribution in [3.8, 4) is 5.75 Å². The van der Waals surface area contributed by atoms with E-state index in [0.717, 1.165) is 17.7 Å². The molecule has 0 fully saturated rings. The van der Waals surface area contributed by atoms with Gasteiger partial charge in [0.1, 0.15) is 11.2 Å². The lowest BCUT2D eigenvalue weighted by Gasteiger charge is -2.27. The van der Waals surface area contributed by atoms with Crippen LogP contribution in [0, 0.1) is 5.41 Å². The second kappa shape index (κ2) is 17.0. The Morgan fingerprint density at radius 1 is 0.938 bits per heavy atom. The Kier molecular flexibility index (Phi) is 14.3. The number of benzene rings is 2. The summed E-state index contributed by atoms with van der Waals surface area (Å²) in [4.78, 5) is 50.0. The van der Waals surface area contributed by atoms with Crippen molar-refractivity contribution in [2.75, 3.05) is 56.7 Å². The van der Waals surface area contributed by atoms with E-state index in [4.69, 9.17) is 4.74 Å². The Hall–Kier alpha value is -3.87. The van der Waals surface area contributed by atoms with Crippen LogP contribution in [-0.2, 0) is 22.3 Å². The number of nitrogens with zero attached hydrogens (tertiary/aromatic N) is 5. The van der Waals surface area contributed by atoms with Crippen molar-refractivity contribution >= 4 is 53.9 Å². The van der Waals surface area contributed by atoms with Crippen molar-refractivity contribution in [3.05, 3.63) is 83.7 Å². The molecule has 0 bridgehead atoms. The molecule has 262 valence electrons. The molecule has 4 rings (SSSR count). The first-order valence-electron chi connectivity index (χ1n) is 15.1. The molecule has 1 aliphatic rings. The number of pyridine rings is 1. The summed E-state index contributed by atoms with van der Waals surface area (Å²) < 4.78 is 45.6. The number of carbonyl (C=O) groups is 3. The van der Waals surface area contributed by atoms with E-state index in [2.05, 4.69) is 9.88 Å². The summed E-state index contributed by atoms with van der Waals surface area (Å²) in [7, 11) is 3.23. The molecule has 0 saturated carbocycles. The number of halogens is 5. The summed E-state index contributed by atoms with van der Waals surface area (Å²) in [5.74, 6) is -0.476. The summed E-state index contributed by atoms with van der Waals surface area (Å²) in [5.41, 5.74) is 0.187. The van der Waals surface area contributed by atoms with E-state index in [1.807, 2.05) is 19.1 Å². The van der Waals surface area contributed by atoms with Crippen molar-refractivity contribution in [3.63, 3.8) is 0 Å². The molecule has 0 N–H and O–H groups in total. The van der Waals surface area contributed by atoms with E-state index in [0.29, 0.717) is 62.9 Å². The molecule has 0 spiro atoms. The van der Waals surface area contributed by atoms with Crippen molar-refractivity contribution in [1.29, 1.82) is 0 Å². The van der Waals surface area contributed by atoms with Crippen LogP contribution in [0.25, 0.3) is 0 Å². The minimum atomic E-state index is -4.53. The minimum absolute atomic E-state index is 0. The van der Waals surface area contributed by atoms with Gasteiger partial charge < -0.3 is 19.4 Å². The Labute approximate surface area is 291 Å². The summed E-state index contributed by atoms with van der Waals surface area (Å²) in [6.45, 7) is 7.90. The molecule has 2 aromatic carbocycles. The number of hydrogen-bond acceptors (Lipinski definition) is 6. The molecule has 1 aliphatic heterocycles. The highest BCUT2D eigenvalue weighted by atomic mass is 35.5. The maximum absolute atomic E-state index is 13.2. The first-order valence-corrected chi connectivity index (χ1v) is 15.1. The van der Waals surface area contributed by atoms with Gasteiger partial charge in [-0.2, -0.15) is 13.2 Å². The molecular formula is C34H42Cl2F3N5O4. The summed E-state index contributed by atoms with van der Waals surface area (Å²) in [5, 5.41) is 0. The second-order valence-corrected chi connectivity index (χ2v) is 11.8.